The number of nitrogens with zero attached hydrogens (tertiary/aromatic N) is 2. The van der Waals surface area contributed by atoms with Crippen LogP contribution in [0.2, 0.25) is 0 Å². The summed E-state index contributed by atoms with van der Waals surface area (Å²) in [5.41, 5.74) is -0.440. The van der Waals surface area contributed by atoms with Crippen molar-refractivity contribution in [1.82, 2.24) is 9.36 Å². The molecular weight excluding hydrogens is 304 g/mol. The third kappa shape index (κ3) is 1.65. The van der Waals surface area contributed by atoms with Crippen molar-refractivity contribution in [3.05, 3.63) is 29.7 Å². The summed E-state index contributed by atoms with van der Waals surface area (Å²) >= 11 is 6.11. The zero-order chi connectivity index (χ0) is 10.2. The molecule has 0 atom stereocenters. The fourth-order valence-corrected chi connectivity index (χ4v) is 1.85. The van der Waals surface area contributed by atoms with Crippen LogP contribution in [0.15, 0.2) is 18.5 Å². The van der Waals surface area contributed by atoms with Gasteiger partial charge in [-0.2, -0.15) is 0 Å². The van der Waals surface area contributed by atoms with Crippen molar-refractivity contribution in [3.63, 3.8) is 0 Å². The molecule has 1 aromatic rings. The fraction of sp³-hybridized carbons (Fsp3) is 0.429. The van der Waals surface area contributed by atoms with Crippen molar-refractivity contribution in [2.45, 2.75) is 13.5 Å². The third-order valence-electron chi connectivity index (χ3n) is 1.76. The van der Waals surface area contributed by atoms with Gasteiger partial charge >= 0.3 is 0 Å². The maximum atomic E-state index is 11.5. The highest BCUT2D eigenvalue weighted by Gasteiger charge is 2.11. The van der Waals surface area contributed by atoms with Crippen LogP contribution in [-0.4, -0.2) is 9.36 Å². The Hall–Kier alpha value is -0.360. The van der Waals surface area contributed by atoms with E-state index in [1.54, 1.807) is 14.0 Å². The third-order valence-corrected chi connectivity index (χ3v) is 3.76. The van der Waals surface area contributed by atoms with Crippen LogP contribution in [0.25, 0.3) is 0 Å². The first-order valence-electron chi connectivity index (χ1n) is 3.65. The molecule has 1 aromatic heterocycles. The van der Waals surface area contributed by atoms with Crippen molar-refractivity contribution < 1.29 is 0 Å². The Morgan fingerprint density at radius 3 is 2.08 bits per heavy atom. The first kappa shape index (κ1) is 10.7. The van der Waals surface area contributed by atoms with Crippen LogP contribution in [0.5, 0.6) is 0 Å². The van der Waals surface area contributed by atoms with Gasteiger partial charge in [0.2, 0.25) is 0 Å². The molecule has 0 saturated carbocycles. The summed E-state index contributed by atoms with van der Waals surface area (Å²) in [7, 11) is 1.56. The minimum atomic E-state index is -0.228. The maximum Gasteiger partial charge on any atom is 0.280 e. The molecule has 1 rings (SSSR count). The molecule has 6 heteroatoms. The lowest BCUT2D eigenvalue weighted by molar-refractivity contribution is 0.478. The van der Waals surface area contributed by atoms with Crippen LogP contribution < -0.4 is 11.1 Å². The van der Waals surface area contributed by atoms with E-state index in [4.69, 9.17) is 0 Å². The van der Waals surface area contributed by atoms with Gasteiger partial charge in [0.1, 0.15) is 8.95 Å². The van der Waals surface area contributed by atoms with Crippen LogP contribution >= 0.6 is 31.9 Å². The molecule has 0 spiro atoms. The molecule has 0 aliphatic rings. The van der Waals surface area contributed by atoms with Gasteiger partial charge in [-0.25, -0.2) is 9.36 Å². The van der Waals surface area contributed by atoms with Crippen molar-refractivity contribution in [3.8, 4) is 0 Å². The normalized spacial score (nSPS) is 10.5. The molecule has 0 saturated heterocycles. The number of hydrogen-bond acceptors (Lipinski definition) is 2. The van der Waals surface area contributed by atoms with Crippen LogP contribution in [0, 0.1) is 0 Å². The second-order valence-corrected chi connectivity index (χ2v) is 4.06. The minimum Gasteiger partial charge on any atom is -0.267 e. The highest BCUT2D eigenvalue weighted by Crippen LogP contribution is 2.13. The number of aromatic nitrogens is 2. The maximum absolute atomic E-state index is 11.5. The van der Waals surface area contributed by atoms with Crippen LogP contribution in [0.1, 0.15) is 6.92 Å². The topological polar surface area (TPSA) is 44.0 Å². The van der Waals surface area contributed by atoms with Crippen molar-refractivity contribution in [1.29, 1.82) is 0 Å². The smallest absolute Gasteiger partial charge is 0.267 e. The van der Waals surface area contributed by atoms with Crippen molar-refractivity contribution in [2.24, 2.45) is 7.05 Å². The Balaban J connectivity index is 3.78. The van der Waals surface area contributed by atoms with Gasteiger partial charge in [-0.3, -0.25) is 9.59 Å². The predicted molar refractivity (Wildman–Crippen MR) is 57.0 cm³/mol. The highest BCUT2D eigenvalue weighted by molar-refractivity contribution is 9.13. The molecule has 4 nitrogen and oxygen atoms in total. The minimum absolute atomic E-state index is 0.212. The summed E-state index contributed by atoms with van der Waals surface area (Å²) in [5, 5.41) is 0. The van der Waals surface area contributed by atoms with E-state index < -0.39 is 0 Å². The van der Waals surface area contributed by atoms with Crippen molar-refractivity contribution >= 4 is 31.9 Å². The van der Waals surface area contributed by atoms with Gasteiger partial charge < -0.3 is 0 Å². The van der Waals surface area contributed by atoms with E-state index in [1.165, 1.54) is 9.36 Å². The lowest BCUT2D eigenvalue weighted by atomic mass is 10.5. The first-order valence-corrected chi connectivity index (χ1v) is 5.24. The van der Waals surface area contributed by atoms with Crippen LogP contribution in [0.4, 0.5) is 0 Å². The van der Waals surface area contributed by atoms with Gasteiger partial charge in [-0.15, -0.1) is 0 Å². The molecule has 0 N–H and O–H groups in total. The molecule has 0 radical (unpaired) electrons. The lowest BCUT2D eigenvalue weighted by Crippen LogP contribution is -2.37. The van der Waals surface area contributed by atoms with Gasteiger partial charge in [0.15, 0.2) is 0 Å². The molecule has 0 fully saturated rings. The molecule has 0 aliphatic carbocycles. The quantitative estimate of drug-likeness (QED) is 0.779. The van der Waals surface area contributed by atoms with E-state index in [0.717, 1.165) is 0 Å². The SMILES string of the molecule is CCn1c(=O)c(Br)c(Br)c(=O)n1C. The Morgan fingerprint density at radius 2 is 1.62 bits per heavy atom. The molecular formula is C7H8Br2N2O2. The molecule has 0 bridgehead atoms. The largest absolute Gasteiger partial charge is 0.280 e. The van der Waals surface area contributed by atoms with E-state index in [9.17, 15) is 9.59 Å². The molecule has 0 unspecified atom stereocenters. The molecule has 1 heterocycles. The van der Waals surface area contributed by atoms with Gasteiger partial charge in [-0.05, 0) is 38.8 Å². The van der Waals surface area contributed by atoms with Gasteiger partial charge in [0.05, 0.1) is 0 Å². The summed E-state index contributed by atoms with van der Waals surface area (Å²) in [6.07, 6.45) is 0. The first-order chi connectivity index (χ1) is 6.00. The molecule has 72 valence electrons. The van der Waals surface area contributed by atoms with Gasteiger partial charge in [-0.1, -0.05) is 0 Å². The summed E-state index contributed by atoms with van der Waals surface area (Å²) in [6.45, 7) is 2.28. The standard InChI is InChI=1S/C7H8Br2N2O2/c1-3-11-7(13)5(9)4(8)6(12)10(11)2/h3H2,1-2H3. The van der Waals surface area contributed by atoms with E-state index in [2.05, 4.69) is 31.9 Å². The summed E-state index contributed by atoms with van der Waals surface area (Å²) < 4.78 is 3.19. The fourth-order valence-electron chi connectivity index (χ4n) is 1.04. The lowest BCUT2D eigenvalue weighted by Gasteiger charge is -2.09. The van der Waals surface area contributed by atoms with E-state index in [0.29, 0.717) is 6.54 Å². The van der Waals surface area contributed by atoms with E-state index >= 15 is 0 Å². The second-order valence-electron chi connectivity index (χ2n) is 2.48. The Bertz CT molecular complexity index is 447. The van der Waals surface area contributed by atoms with Crippen molar-refractivity contribution in [2.75, 3.05) is 0 Å². The average Bonchev–Trinajstić information content (AvgIpc) is 2.13. The van der Waals surface area contributed by atoms with Crippen LogP contribution in [-0.2, 0) is 13.6 Å². The number of halogens is 2. The Kier molecular flexibility index (Phi) is 3.13. The molecule has 0 amide bonds. The molecule has 0 aromatic carbocycles. The molecule has 0 aliphatic heterocycles. The van der Waals surface area contributed by atoms with Crippen LogP contribution in [0.3, 0.4) is 0 Å². The zero-order valence-corrected chi connectivity index (χ0v) is 10.3. The summed E-state index contributed by atoms with van der Waals surface area (Å²) in [4.78, 5) is 23.0. The van der Waals surface area contributed by atoms with E-state index in [1.807, 2.05) is 0 Å². The average molecular weight is 312 g/mol. The number of hydrogen-bond donors (Lipinski definition) is 0. The predicted octanol–water partition coefficient (Wildman–Crippen LogP) is 1.09. The molecule has 13 heavy (non-hydrogen) atoms. The van der Waals surface area contributed by atoms with Gasteiger partial charge in [0.25, 0.3) is 11.1 Å². The Labute approximate surface area is 91.4 Å². The highest BCUT2D eigenvalue weighted by atomic mass is 79.9. The summed E-state index contributed by atoms with van der Waals surface area (Å²) in [6, 6.07) is 0. The Morgan fingerprint density at radius 1 is 1.15 bits per heavy atom. The van der Waals surface area contributed by atoms with Gasteiger partial charge in [0, 0.05) is 13.6 Å². The number of rotatable bonds is 1. The summed E-state index contributed by atoms with van der Waals surface area (Å²) in [5.74, 6) is 0. The second kappa shape index (κ2) is 3.79. The zero-order valence-electron chi connectivity index (χ0n) is 7.17. The van der Waals surface area contributed by atoms with E-state index in [-0.39, 0.29) is 20.1 Å². The monoisotopic (exact) mass is 310 g/mol.